The van der Waals surface area contributed by atoms with Crippen molar-refractivity contribution in [3.8, 4) is 11.3 Å². The first-order valence-corrected chi connectivity index (χ1v) is 8.23. The first-order valence-electron chi connectivity index (χ1n) is 8.23. The first kappa shape index (κ1) is 16.9. The number of H-pyrrole nitrogens is 1. The second-order valence-electron chi connectivity index (χ2n) is 6.11. The SMILES string of the molecule is Cc1nc2ccccc2n1CC(=O)Nc1cc(-c2cc(F)cc(F)c2)[nH]n1. The Morgan fingerprint density at radius 1 is 1.15 bits per heavy atom. The van der Waals surface area contributed by atoms with Crippen molar-refractivity contribution in [2.24, 2.45) is 0 Å². The maximum absolute atomic E-state index is 13.4. The number of rotatable bonds is 4. The Morgan fingerprint density at radius 3 is 2.67 bits per heavy atom. The number of nitrogens with one attached hydrogen (secondary N) is 2. The summed E-state index contributed by atoms with van der Waals surface area (Å²) in [5.74, 6) is -0.670. The molecule has 0 radical (unpaired) electrons. The number of carbonyl (C=O) groups excluding carboxylic acids is 1. The van der Waals surface area contributed by atoms with Crippen molar-refractivity contribution in [3.05, 3.63) is 66.0 Å². The van der Waals surface area contributed by atoms with Crippen molar-refractivity contribution in [2.45, 2.75) is 13.5 Å². The topological polar surface area (TPSA) is 75.6 Å². The Kier molecular flexibility index (Phi) is 4.15. The van der Waals surface area contributed by atoms with Gasteiger partial charge < -0.3 is 9.88 Å². The summed E-state index contributed by atoms with van der Waals surface area (Å²) in [4.78, 5) is 16.8. The molecule has 4 aromatic rings. The number of nitrogens with zero attached hydrogens (tertiary/aromatic N) is 3. The minimum absolute atomic E-state index is 0.0726. The van der Waals surface area contributed by atoms with Crippen LogP contribution in [0.4, 0.5) is 14.6 Å². The number of carbonyl (C=O) groups is 1. The fourth-order valence-electron chi connectivity index (χ4n) is 2.96. The van der Waals surface area contributed by atoms with E-state index in [9.17, 15) is 13.6 Å². The van der Waals surface area contributed by atoms with Crippen LogP contribution < -0.4 is 5.32 Å². The molecule has 136 valence electrons. The molecule has 2 N–H and O–H groups in total. The summed E-state index contributed by atoms with van der Waals surface area (Å²) in [6.07, 6.45) is 0. The molecule has 0 aliphatic rings. The summed E-state index contributed by atoms with van der Waals surface area (Å²) in [6.45, 7) is 1.90. The number of benzene rings is 2. The number of anilines is 1. The molecule has 0 saturated heterocycles. The third-order valence-electron chi connectivity index (χ3n) is 4.17. The largest absolute Gasteiger partial charge is 0.319 e. The molecule has 2 aromatic carbocycles. The normalized spacial score (nSPS) is 11.1. The maximum Gasteiger partial charge on any atom is 0.245 e. The van der Waals surface area contributed by atoms with Gasteiger partial charge in [0.1, 0.15) is 24.0 Å². The molecule has 1 amide bonds. The van der Waals surface area contributed by atoms with Gasteiger partial charge in [-0.15, -0.1) is 0 Å². The second kappa shape index (κ2) is 6.64. The maximum atomic E-state index is 13.4. The van der Waals surface area contributed by atoms with E-state index in [1.807, 2.05) is 31.2 Å². The highest BCUT2D eigenvalue weighted by Crippen LogP contribution is 2.22. The van der Waals surface area contributed by atoms with Crippen LogP contribution >= 0.6 is 0 Å². The molecule has 8 heteroatoms. The summed E-state index contributed by atoms with van der Waals surface area (Å²) >= 11 is 0. The highest BCUT2D eigenvalue weighted by atomic mass is 19.1. The van der Waals surface area contributed by atoms with E-state index >= 15 is 0 Å². The van der Waals surface area contributed by atoms with Gasteiger partial charge in [-0.1, -0.05) is 12.1 Å². The van der Waals surface area contributed by atoms with E-state index in [-0.39, 0.29) is 18.3 Å². The zero-order valence-electron chi connectivity index (χ0n) is 14.3. The summed E-state index contributed by atoms with van der Waals surface area (Å²) in [5, 5.41) is 9.32. The number of fused-ring (bicyclic) bond motifs is 1. The average molecular weight is 367 g/mol. The third-order valence-corrected chi connectivity index (χ3v) is 4.17. The Labute approximate surface area is 152 Å². The Bertz CT molecular complexity index is 1130. The lowest BCUT2D eigenvalue weighted by Gasteiger charge is -2.06. The first-order chi connectivity index (χ1) is 13.0. The Balaban J connectivity index is 1.52. The molecule has 0 saturated carbocycles. The van der Waals surface area contributed by atoms with E-state index in [1.54, 1.807) is 4.57 Å². The number of hydrogen-bond acceptors (Lipinski definition) is 3. The van der Waals surface area contributed by atoms with Gasteiger partial charge in [-0.2, -0.15) is 5.10 Å². The molecule has 0 fully saturated rings. The van der Waals surface area contributed by atoms with Gasteiger partial charge in [0.2, 0.25) is 5.91 Å². The Hall–Kier alpha value is -3.55. The number of para-hydroxylation sites is 2. The minimum atomic E-state index is -0.687. The molecule has 6 nitrogen and oxygen atoms in total. The van der Waals surface area contributed by atoms with Gasteiger partial charge in [-0.05, 0) is 31.2 Å². The van der Waals surface area contributed by atoms with Crippen LogP contribution in [0.15, 0.2) is 48.5 Å². The minimum Gasteiger partial charge on any atom is -0.319 e. The number of halogens is 2. The van der Waals surface area contributed by atoms with Crippen LogP contribution in [0.3, 0.4) is 0 Å². The zero-order valence-corrected chi connectivity index (χ0v) is 14.3. The molecule has 0 unspecified atom stereocenters. The van der Waals surface area contributed by atoms with Crippen LogP contribution in [-0.4, -0.2) is 25.7 Å². The number of aromatic amines is 1. The third kappa shape index (κ3) is 3.41. The fourth-order valence-corrected chi connectivity index (χ4v) is 2.96. The van der Waals surface area contributed by atoms with Crippen LogP contribution in [0.2, 0.25) is 0 Å². The predicted octanol–water partition coefficient (Wildman–Crippen LogP) is 3.65. The number of aromatic nitrogens is 4. The summed E-state index contributed by atoms with van der Waals surface area (Å²) in [6, 6.07) is 12.2. The van der Waals surface area contributed by atoms with E-state index in [1.165, 1.54) is 18.2 Å². The molecule has 0 spiro atoms. The van der Waals surface area contributed by atoms with Gasteiger partial charge in [-0.3, -0.25) is 9.89 Å². The van der Waals surface area contributed by atoms with Crippen molar-refractivity contribution in [2.75, 3.05) is 5.32 Å². The molecule has 0 aliphatic heterocycles. The Morgan fingerprint density at radius 2 is 1.89 bits per heavy atom. The molecule has 2 aromatic heterocycles. The van der Waals surface area contributed by atoms with Crippen LogP contribution in [0.25, 0.3) is 22.3 Å². The van der Waals surface area contributed by atoms with Crippen molar-refractivity contribution in [3.63, 3.8) is 0 Å². The van der Waals surface area contributed by atoms with Gasteiger partial charge in [0.25, 0.3) is 0 Å². The van der Waals surface area contributed by atoms with Crippen LogP contribution in [0.1, 0.15) is 5.82 Å². The molecule has 2 heterocycles. The molecule has 0 atom stereocenters. The van der Waals surface area contributed by atoms with Crippen molar-refractivity contribution in [1.29, 1.82) is 0 Å². The highest BCUT2D eigenvalue weighted by molar-refractivity contribution is 5.91. The lowest BCUT2D eigenvalue weighted by atomic mass is 10.1. The van der Waals surface area contributed by atoms with E-state index in [0.717, 1.165) is 22.9 Å². The van der Waals surface area contributed by atoms with Crippen molar-refractivity contribution < 1.29 is 13.6 Å². The summed E-state index contributed by atoms with van der Waals surface area (Å²) < 4.78 is 28.5. The van der Waals surface area contributed by atoms with E-state index in [0.29, 0.717) is 11.3 Å². The van der Waals surface area contributed by atoms with E-state index < -0.39 is 11.6 Å². The predicted molar refractivity (Wildman–Crippen MR) is 97.0 cm³/mol. The molecule has 4 rings (SSSR count). The van der Waals surface area contributed by atoms with Crippen LogP contribution in [0.5, 0.6) is 0 Å². The smallest absolute Gasteiger partial charge is 0.245 e. The quantitative estimate of drug-likeness (QED) is 0.578. The van der Waals surface area contributed by atoms with Gasteiger partial charge in [0.15, 0.2) is 5.82 Å². The van der Waals surface area contributed by atoms with Crippen LogP contribution in [0, 0.1) is 18.6 Å². The number of imidazole rings is 1. The monoisotopic (exact) mass is 367 g/mol. The molecule has 27 heavy (non-hydrogen) atoms. The average Bonchev–Trinajstić information content (AvgIpc) is 3.19. The number of amides is 1. The molecule has 0 aliphatic carbocycles. The molecular weight excluding hydrogens is 352 g/mol. The van der Waals surface area contributed by atoms with Crippen molar-refractivity contribution >= 4 is 22.8 Å². The van der Waals surface area contributed by atoms with E-state index in [4.69, 9.17) is 0 Å². The summed E-state index contributed by atoms with van der Waals surface area (Å²) in [5.41, 5.74) is 2.38. The van der Waals surface area contributed by atoms with Gasteiger partial charge in [0.05, 0.1) is 16.7 Å². The van der Waals surface area contributed by atoms with Crippen LogP contribution in [-0.2, 0) is 11.3 Å². The molecule has 0 bridgehead atoms. The van der Waals surface area contributed by atoms with Gasteiger partial charge in [0, 0.05) is 17.7 Å². The van der Waals surface area contributed by atoms with E-state index in [2.05, 4.69) is 20.5 Å². The molecular formula is C19H15F2N5O. The number of aryl methyl sites for hydroxylation is 1. The second-order valence-corrected chi connectivity index (χ2v) is 6.11. The lowest BCUT2D eigenvalue weighted by molar-refractivity contribution is -0.116. The fraction of sp³-hybridized carbons (Fsp3) is 0.105. The standard InChI is InChI=1S/C19H15F2N5O/c1-11-22-15-4-2-3-5-17(15)26(11)10-19(27)23-18-9-16(24-25-18)12-6-13(20)8-14(21)7-12/h2-9H,10H2,1H3,(H2,23,24,25,27). The lowest BCUT2D eigenvalue weighted by Crippen LogP contribution is -2.19. The van der Waals surface area contributed by atoms with Crippen molar-refractivity contribution in [1.82, 2.24) is 19.7 Å². The van der Waals surface area contributed by atoms with Gasteiger partial charge >= 0.3 is 0 Å². The number of hydrogen-bond donors (Lipinski definition) is 2. The highest BCUT2D eigenvalue weighted by Gasteiger charge is 2.13. The van der Waals surface area contributed by atoms with Gasteiger partial charge in [-0.25, -0.2) is 13.8 Å². The summed E-state index contributed by atoms with van der Waals surface area (Å²) in [7, 11) is 0. The zero-order chi connectivity index (χ0) is 19.0.